The smallest absolute Gasteiger partial charge is 0.324 e. The second kappa shape index (κ2) is 7.01. The summed E-state index contributed by atoms with van der Waals surface area (Å²) in [5.74, 6) is 0.786. The molecule has 1 aliphatic heterocycles. The predicted octanol–water partition coefficient (Wildman–Crippen LogP) is 3.05. The third kappa shape index (κ3) is 3.71. The molecule has 5 heteroatoms. The highest BCUT2D eigenvalue weighted by Gasteiger charge is 2.28. The van der Waals surface area contributed by atoms with Crippen LogP contribution in [0.1, 0.15) is 32.8 Å². The second-order valence-corrected chi connectivity index (χ2v) is 6.26. The van der Waals surface area contributed by atoms with E-state index < -0.39 is 0 Å². The second-order valence-electron chi connectivity index (χ2n) is 6.26. The summed E-state index contributed by atoms with van der Waals surface area (Å²) in [7, 11) is 1.59. The number of rotatable bonds is 7. The van der Waals surface area contributed by atoms with Gasteiger partial charge in [-0.2, -0.15) is 0 Å². The summed E-state index contributed by atoms with van der Waals surface area (Å²) in [6.45, 7) is 8.61. The lowest BCUT2D eigenvalue weighted by molar-refractivity contribution is 0.0877. The van der Waals surface area contributed by atoms with E-state index in [4.69, 9.17) is 9.47 Å². The molecule has 0 saturated carbocycles. The molecule has 2 rings (SSSR count). The highest BCUT2D eigenvalue weighted by atomic mass is 16.5. The van der Waals surface area contributed by atoms with Crippen LogP contribution in [-0.4, -0.2) is 49.5 Å². The Morgan fingerprint density at radius 3 is 2.23 bits per heavy atom. The summed E-state index contributed by atoms with van der Waals surface area (Å²) in [5.41, 5.74) is 1.47. The molecule has 1 aliphatic rings. The lowest BCUT2D eigenvalue weighted by atomic mass is 9.82. The first kappa shape index (κ1) is 16.6. The minimum Gasteiger partial charge on any atom is -0.473 e. The lowest BCUT2D eigenvalue weighted by Crippen LogP contribution is -2.35. The Kier molecular flexibility index (Phi) is 5.29. The maximum Gasteiger partial charge on any atom is 0.324 e. The molecular weight excluding hydrogens is 280 g/mol. The molecule has 2 amide bonds. The first-order valence-electron chi connectivity index (χ1n) is 7.74. The number of nitrogens with zero attached hydrogens (tertiary/aromatic N) is 2. The van der Waals surface area contributed by atoms with Gasteiger partial charge in [-0.1, -0.05) is 32.9 Å². The molecule has 0 unspecified atom stereocenters. The van der Waals surface area contributed by atoms with Crippen molar-refractivity contribution < 1.29 is 14.3 Å². The Morgan fingerprint density at radius 2 is 1.68 bits per heavy atom. The summed E-state index contributed by atoms with van der Waals surface area (Å²) in [6.07, 6.45) is 1.09. The van der Waals surface area contributed by atoms with Gasteiger partial charge in [0.2, 0.25) is 0 Å². The number of carbonyl (C=O) groups is 1. The molecule has 0 spiro atoms. The average molecular weight is 306 g/mol. The van der Waals surface area contributed by atoms with Gasteiger partial charge in [0.05, 0.1) is 0 Å². The zero-order valence-electron chi connectivity index (χ0n) is 14.0. The van der Waals surface area contributed by atoms with Crippen molar-refractivity contribution in [3.63, 3.8) is 0 Å². The zero-order valence-corrected chi connectivity index (χ0v) is 14.0. The predicted molar refractivity (Wildman–Crippen MR) is 85.9 cm³/mol. The van der Waals surface area contributed by atoms with Crippen molar-refractivity contribution in [2.75, 3.05) is 33.7 Å². The molecule has 1 aromatic carbocycles. The van der Waals surface area contributed by atoms with Gasteiger partial charge >= 0.3 is 6.03 Å². The standard InChI is InChI=1S/C17H26N2O3/c1-5-17(2,3)14-6-8-15(9-7-14)22-13-19-11-10-18(12-21-4)16(19)20/h6-9H,5,10-13H2,1-4H3. The fourth-order valence-corrected chi connectivity index (χ4v) is 2.39. The van der Waals surface area contributed by atoms with Gasteiger partial charge in [-0.25, -0.2) is 4.79 Å². The maximum atomic E-state index is 12.0. The van der Waals surface area contributed by atoms with Crippen LogP contribution in [0.5, 0.6) is 5.75 Å². The highest BCUT2D eigenvalue weighted by Crippen LogP contribution is 2.28. The van der Waals surface area contributed by atoms with Gasteiger partial charge < -0.3 is 9.47 Å². The fourth-order valence-electron chi connectivity index (χ4n) is 2.39. The zero-order chi connectivity index (χ0) is 16.2. The molecule has 0 radical (unpaired) electrons. The van der Waals surface area contributed by atoms with E-state index in [1.54, 1.807) is 16.9 Å². The number of carbonyl (C=O) groups excluding carboxylic acids is 1. The lowest BCUT2D eigenvalue weighted by Gasteiger charge is -2.23. The number of urea groups is 1. The fraction of sp³-hybridized carbons (Fsp3) is 0.588. The normalized spacial score (nSPS) is 15.5. The van der Waals surface area contributed by atoms with Crippen molar-refractivity contribution in [3.8, 4) is 5.75 Å². The third-order valence-electron chi connectivity index (χ3n) is 4.37. The molecule has 0 aliphatic carbocycles. The monoisotopic (exact) mass is 306 g/mol. The van der Waals surface area contributed by atoms with Crippen molar-refractivity contribution in [1.82, 2.24) is 9.80 Å². The molecule has 0 aromatic heterocycles. The van der Waals surface area contributed by atoms with E-state index in [0.29, 0.717) is 19.8 Å². The Labute approximate surface area is 132 Å². The van der Waals surface area contributed by atoms with Gasteiger partial charge in [-0.05, 0) is 29.5 Å². The van der Waals surface area contributed by atoms with E-state index in [0.717, 1.165) is 12.2 Å². The molecule has 5 nitrogen and oxygen atoms in total. The maximum absolute atomic E-state index is 12.0. The van der Waals surface area contributed by atoms with Crippen LogP contribution in [0.4, 0.5) is 4.79 Å². The number of benzene rings is 1. The van der Waals surface area contributed by atoms with Gasteiger partial charge in [0.15, 0.2) is 6.73 Å². The van der Waals surface area contributed by atoms with Crippen molar-refractivity contribution in [2.45, 2.75) is 32.6 Å². The summed E-state index contributed by atoms with van der Waals surface area (Å²) in [6, 6.07) is 8.11. The van der Waals surface area contributed by atoms with Crippen LogP contribution >= 0.6 is 0 Å². The van der Waals surface area contributed by atoms with E-state index in [9.17, 15) is 4.79 Å². The van der Waals surface area contributed by atoms with E-state index in [1.165, 1.54) is 5.56 Å². The van der Waals surface area contributed by atoms with Gasteiger partial charge in [0.25, 0.3) is 0 Å². The third-order valence-corrected chi connectivity index (χ3v) is 4.37. The molecule has 0 N–H and O–H groups in total. The van der Waals surface area contributed by atoms with Crippen molar-refractivity contribution in [3.05, 3.63) is 29.8 Å². The van der Waals surface area contributed by atoms with Gasteiger partial charge in [0, 0.05) is 20.2 Å². The Hall–Kier alpha value is -1.75. The molecule has 0 bridgehead atoms. The summed E-state index contributed by atoms with van der Waals surface area (Å²) in [5, 5.41) is 0. The quantitative estimate of drug-likeness (QED) is 0.777. The summed E-state index contributed by atoms with van der Waals surface area (Å²) >= 11 is 0. The number of amides is 2. The minimum absolute atomic E-state index is 0.0365. The Balaban J connectivity index is 1.89. The Morgan fingerprint density at radius 1 is 1.09 bits per heavy atom. The first-order chi connectivity index (χ1) is 10.5. The van der Waals surface area contributed by atoms with Crippen molar-refractivity contribution >= 4 is 6.03 Å². The molecule has 1 heterocycles. The minimum atomic E-state index is -0.0365. The largest absolute Gasteiger partial charge is 0.473 e. The van der Waals surface area contributed by atoms with E-state index in [1.807, 2.05) is 12.1 Å². The number of hydrogen-bond donors (Lipinski definition) is 0. The molecule has 1 saturated heterocycles. The van der Waals surface area contributed by atoms with Gasteiger partial charge in [-0.15, -0.1) is 0 Å². The van der Waals surface area contributed by atoms with Crippen molar-refractivity contribution in [1.29, 1.82) is 0 Å². The van der Waals surface area contributed by atoms with Gasteiger partial charge in [-0.3, -0.25) is 9.80 Å². The SMILES string of the molecule is CCC(C)(C)c1ccc(OCN2CCN(COC)C2=O)cc1. The Bertz CT molecular complexity index is 499. The molecule has 22 heavy (non-hydrogen) atoms. The summed E-state index contributed by atoms with van der Waals surface area (Å²) < 4.78 is 10.7. The van der Waals surface area contributed by atoms with E-state index in [2.05, 4.69) is 32.9 Å². The first-order valence-corrected chi connectivity index (χ1v) is 7.74. The summed E-state index contributed by atoms with van der Waals surface area (Å²) in [4.78, 5) is 15.4. The average Bonchev–Trinajstić information content (AvgIpc) is 2.87. The molecule has 0 atom stereocenters. The topological polar surface area (TPSA) is 42.0 Å². The van der Waals surface area contributed by atoms with Crippen molar-refractivity contribution in [2.24, 2.45) is 0 Å². The molecule has 1 fully saturated rings. The van der Waals surface area contributed by atoms with Crippen LogP contribution in [0, 0.1) is 0 Å². The van der Waals surface area contributed by atoms with Crippen LogP contribution in [0.25, 0.3) is 0 Å². The van der Waals surface area contributed by atoms with Gasteiger partial charge in [0.1, 0.15) is 12.5 Å². The molecular formula is C17H26N2O3. The number of methoxy groups -OCH3 is 1. The number of hydrogen-bond acceptors (Lipinski definition) is 3. The van der Waals surface area contributed by atoms with E-state index in [-0.39, 0.29) is 18.2 Å². The van der Waals surface area contributed by atoms with Crippen LogP contribution in [-0.2, 0) is 10.2 Å². The number of ether oxygens (including phenoxy) is 2. The molecule has 1 aromatic rings. The van der Waals surface area contributed by atoms with Crippen LogP contribution in [0.3, 0.4) is 0 Å². The van der Waals surface area contributed by atoms with Crippen LogP contribution in [0.15, 0.2) is 24.3 Å². The van der Waals surface area contributed by atoms with Crippen LogP contribution < -0.4 is 4.74 Å². The molecule has 122 valence electrons. The van der Waals surface area contributed by atoms with E-state index >= 15 is 0 Å². The highest BCUT2D eigenvalue weighted by molar-refractivity contribution is 5.76. The van der Waals surface area contributed by atoms with Crippen LogP contribution in [0.2, 0.25) is 0 Å².